The third kappa shape index (κ3) is 13.2. The number of aryl methyl sites for hydroxylation is 2. The molecular weight excluding hydrogens is 530 g/mol. The van der Waals surface area contributed by atoms with E-state index >= 15 is 0 Å². The first-order valence-electron chi connectivity index (χ1n) is 14.3. The second-order valence-electron chi connectivity index (χ2n) is 9.93. The minimum absolute atomic E-state index is 0.479. The van der Waals surface area contributed by atoms with Crippen LogP contribution in [0, 0.1) is 31.4 Å². The first-order chi connectivity index (χ1) is 20.3. The summed E-state index contributed by atoms with van der Waals surface area (Å²) in [5, 5.41) is 10.2. The zero-order chi connectivity index (χ0) is 31.3. The number of rotatable bonds is 4. The molecule has 1 aliphatic heterocycles. The molecular formula is C35H46F2N4O. The summed E-state index contributed by atoms with van der Waals surface area (Å²) in [6, 6.07) is 13.3. The van der Waals surface area contributed by atoms with Crippen LogP contribution < -0.4 is 10.6 Å². The average molecular weight is 577 g/mol. The second-order valence-corrected chi connectivity index (χ2v) is 9.93. The molecule has 0 saturated carbocycles. The van der Waals surface area contributed by atoms with Crippen LogP contribution in [0.2, 0.25) is 0 Å². The van der Waals surface area contributed by atoms with E-state index in [1.54, 1.807) is 29.6 Å². The van der Waals surface area contributed by atoms with Gasteiger partial charge in [-0.05, 0) is 106 Å². The number of aromatic nitrogens is 2. The van der Waals surface area contributed by atoms with Crippen molar-refractivity contribution in [2.75, 3.05) is 26.7 Å². The number of allylic oxidation sites excluding steroid dienone is 4. The number of carbonyl (C=O) groups excluding carboxylic acids is 1. The number of nitrogens with one attached hydrogen (secondary N) is 2. The standard InChI is InChI=1S/C19H25N.C6H4F2.C5H6N2O.C3H9N.C2H2/c1-14-6-3-4-8-18(14)16-9-10-19(15(2)12-16)17-7-5-11-20-13-17;7-5-2-1-3-6(8)4-5;1-7-3-2-5(4-8)6-7;1-3-4-2;1-2/h4,8-10,12,17,20H,3,5-7,11,13H2,1-2H3;1-4H;2-4H,1H3;4H,3H2,1-2H3;1-2H/t17-;;;;/m1..../s1. The minimum Gasteiger partial charge on any atom is -0.320 e. The maximum Gasteiger partial charge on any atom is 0.170 e. The van der Waals surface area contributed by atoms with Crippen LogP contribution in [0.1, 0.15) is 72.6 Å². The number of benzene rings is 2. The molecule has 1 saturated heterocycles. The van der Waals surface area contributed by atoms with Gasteiger partial charge in [-0.3, -0.25) is 9.48 Å². The Kier molecular flexibility index (Phi) is 18.0. The monoisotopic (exact) mass is 576 g/mol. The van der Waals surface area contributed by atoms with E-state index in [0.717, 1.165) is 25.4 Å². The molecule has 5 rings (SSSR count). The number of terminal acetylenes is 1. The van der Waals surface area contributed by atoms with Gasteiger partial charge in [-0.1, -0.05) is 48.9 Å². The second kappa shape index (κ2) is 20.9. The number of aldehydes is 1. The highest BCUT2D eigenvalue weighted by Gasteiger charge is 2.17. The number of piperidine rings is 1. The number of carbonyl (C=O) groups is 1. The van der Waals surface area contributed by atoms with Crippen molar-refractivity contribution in [3.8, 4) is 12.8 Å². The molecule has 7 heteroatoms. The molecule has 2 N–H and O–H groups in total. The van der Waals surface area contributed by atoms with E-state index in [1.807, 2.05) is 7.05 Å². The van der Waals surface area contributed by atoms with Gasteiger partial charge in [-0.25, -0.2) is 8.78 Å². The predicted octanol–water partition coefficient (Wildman–Crippen LogP) is 7.26. The number of nitrogens with zero attached hydrogens (tertiary/aromatic N) is 2. The maximum atomic E-state index is 11.9. The van der Waals surface area contributed by atoms with Crippen LogP contribution >= 0.6 is 0 Å². The lowest BCUT2D eigenvalue weighted by atomic mass is 9.86. The average Bonchev–Trinajstić information content (AvgIpc) is 3.45. The van der Waals surface area contributed by atoms with Gasteiger partial charge in [-0.15, -0.1) is 12.8 Å². The van der Waals surface area contributed by atoms with Crippen molar-refractivity contribution in [1.29, 1.82) is 0 Å². The van der Waals surface area contributed by atoms with Crippen LogP contribution in [-0.2, 0) is 7.05 Å². The molecule has 5 nitrogen and oxygen atoms in total. The van der Waals surface area contributed by atoms with Gasteiger partial charge >= 0.3 is 0 Å². The Morgan fingerprint density at radius 3 is 2.24 bits per heavy atom. The Labute approximate surface area is 251 Å². The fourth-order valence-corrected chi connectivity index (χ4v) is 4.49. The third-order valence-electron chi connectivity index (χ3n) is 6.74. The molecule has 42 heavy (non-hydrogen) atoms. The van der Waals surface area contributed by atoms with Gasteiger partial charge in [0.1, 0.15) is 17.3 Å². The van der Waals surface area contributed by atoms with Crippen LogP contribution in [0.15, 0.2) is 72.5 Å². The summed E-state index contributed by atoms with van der Waals surface area (Å²) in [4.78, 5) is 9.94. The lowest BCUT2D eigenvalue weighted by Crippen LogP contribution is -2.28. The van der Waals surface area contributed by atoms with E-state index in [2.05, 4.69) is 79.7 Å². The number of halogens is 2. The van der Waals surface area contributed by atoms with E-state index in [9.17, 15) is 13.6 Å². The van der Waals surface area contributed by atoms with Gasteiger partial charge in [0.2, 0.25) is 0 Å². The highest BCUT2D eigenvalue weighted by molar-refractivity contribution is 5.77. The lowest BCUT2D eigenvalue weighted by Gasteiger charge is -2.25. The Morgan fingerprint density at radius 2 is 1.81 bits per heavy atom. The molecule has 3 aromatic rings. The van der Waals surface area contributed by atoms with Gasteiger partial charge in [0.05, 0.1) is 0 Å². The zero-order valence-electron chi connectivity index (χ0n) is 25.7. The summed E-state index contributed by atoms with van der Waals surface area (Å²) < 4.78 is 25.4. The summed E-state index contributed by atoms with van der Waals surface area (Å²) in [5.41, 5.74) is 7.83. The Morgan fingerprint density at radius 1 is 1.12 bits per heavy atom. The first-order valence-corrected chi connectivity index (χ1v) is 14.3. The van der Waals surface area contributed by atoms with Gasteiger partial charge in [0, 0.05) is 25.9 Å². The van der Waals surface area contributed by atoms with E-state index < -0.39 is 11.6 Å². The lowest BCUT2D eigenvalue weighted by molar-refractivity contribution is 0.111. The van der Waals surface area contributed by atoms with Crippen LogP contribution in [0.5, 0.6) is 0 Å². The smallest absolute Gasteiger partial charge is 0.170 e. The Hall–Kier alpha value is -3.86. The molecule has 0 amide bonds. The highest BCUT2D eigenvalue weighted by Crippen LogP contribution is 2.31. The molecule has 0 unspecified atom stereocenters. The molecule has 0 spiro atoms. The van der Waals surface area contributed by atoms with Crippen LogP contribution in [0.25, 0.3) is 5.57 Å². The van der Waals surface area contributed by atoms with Crippen molar-refractivity contribution >= 4 is 11.9 Å². The van der Waals surface area contributed by atoms with Crippen molar-refractivity contribution in [3.63, 3.8) is 0 Å². The van der Waals surface area contributed by atoms with Crippen molar-refractivity contribution in [1.82, 2.24) is 20.4 Å². The molecule has 2 aromatic carbocycles. The van der Waals surface area contributed by atoms with Crippen LogP contribution in [0.4, 0.5) is 8.78 Å². The van der Waals surface area contributed by atoms with E-state index in [-0.39, 0.29) is 0 Å². The largest absolute Gasteiger partial charge is 0.320 e. The molecule has 0 bridgehead atoms. The van der Waals surface area contributed by atoms with E-state index in [4.69, 9.17) is 0 Å². The van der Waals surface area contributed by atoms with Gasteiger partial charge in [0.25, 0.3) is 0 Å². The quantitative estimate of drug-likeness (QED) is 0.254. The van der Waals surface area contributed by atoms with E-state index in [0.29, 0.717) is 11.6 Å². The van der Waals surface area contributed by atoms with Gasteiger partial charge in [0.15, 0.2) is 6.29 Å². The van der Waals surface area contributed by atoms with Gasteiger partial charge in [-0.2, -0.15) is 5.10 Å². The summed E-state index contributed by atoms with van der Waals surface area (Å²) in [7, 11) is 3.70. The fraction of sp³-hybridized carbons (Fsp3) is 0.371. The summed E-state index contributed by atoms with van der Waals surface area (Å²) in [6.07, 6.45) is 20.1. The molecule has 2 heterocycles. The molecule has 1 aromatic heterocycles. The number of hydrogen-bond acceptors (Lipinski definition) is 4. The first kappa shape index (κ1) is 36.2. The SMILES string of the molecule is C#C.CC1=C(c2ccc([C@@H]3CCCNC3)c(C)c2)C=CCC1.CCNC.Cn1ccc(C=O)n1.Fc1cccc(F)c1. The molecule has 1 aliphatic carbocycles. The highest BCUT2D eigenvalue weighted by atomic mass is 19.1. The number of hydrogen-bond donors (Lipinski definition) is 2. The van der Waals surface area contributed by atoms with E-state index in [1.165, 1.54) is 72.7 Å². The third-order valence-corrected chi connectivity index (χ3v) is 6.74. The predicted molar refractivity (Wildman–Crippen MR) is 171 cm³/mol. The van der Waals surface area contributed by atoms with Crippen molar-refractivity contribution < 1.29 is 13.6 Å². The summed E-state index contributed by atoms with van der Waals surface area (Å²) in [6.45, 7) is 10.0. The molecule has 1 atom stereocenters. The minimum atomic E-state index is -0.537. The Balaban J connectivity index is 0.000000331. The summed E-state index contributed by atoms with van der Waals surface area (Å²) >= 11 is 0. The van der Waals surface area contributed by atoms with Crippen LogP contribution in [-0.4, -0.2) is 42.7 Å². The van der Waals surface area contributed by atoms with Crippen molar-refractivity contribution in [3.05, 3.63) is 106 Å². The molecule has 2 aliphatic rings. The topological polar surface area (TPSA) is 59.0 Å². The molecule has 1 fully saturated rings. The van der Waals surface area contributed by atoms with Crippen molar-refractivity contribution in [2.45, 2.75) is 52.4 Å². The van der Waals surface area contributed by atoms with Crippen LogP contribution in [0.3, 0.4) is 0 Å². The normalized spacial score (nSPS) is 15.3. The maximum absolute atomic E-state index is 11.9. The zero-order valence-corrected chi connectivity index (χ0v) is 25.7. The molecule has 226 valence electrons. The summed E-state index contributed by atoms with van der Waals surface area (Å²) in [5.74, 6) is -0.371. The molecule has 0 radical (unpaired) electrons. The van der Waals surface area contributed by atoms with Gasteiger partial charge < -0.3 is 10.6 Å². The Bertz CT molecular complexity index is 1270. The van der Waals surface area contributed by atoms with Crippen molar-refractivity contribution in [2.24, 2.45) is 7.05 Å². The fourth-order valence-electron chi connectivity index (χ4n) is 4.49.